The molecule has 4 rings (SSSR count). The number of aromatic amines is 1. The van der Waals surface area contributed by atoms with Gasteiger partial charge in [-0.25, -0.2) is 9.89 Å². The zero-order valence-corrected chi connectivity index (χ0v) is 18.3. The van der Waals surface area contributed by atoms with Gasteiger partial charge in [0.15, 0.2) is 11.6 Å². The predicted octanol–water partition coefficient (Wildman–Crippen LogP) is 4.09. The number of amidine groups is 1. The summed E-state index contributed by atoms with van der Waals surface area (Å²) in [6, 6.07) is 3.95. The van der Waals surface area contributed by atoms with Crippen molar-refractivity contribution < 1.29 is 9.53 Å². The van der Waals surface area contributed by atoms with Gasteiger partial charge in [-0.1, -0.05) is 43.6 Å². The smallest absolute Gasteiger partial charge is 0.347 e. The fourth-order valence-corrected chi connectivity index (χ4v) is 4.31. The zero-order chi connectivity index (χ0) is 22.5. The molecule has 1 aromatic heterocycles. The molecular weight excluding hydrogens is 443 g/mol. The van der Waals surface area contributed by atoms with Gasteiger partial charge in [0.1, 0.15) is 0 Å². The molecule has 0 radical (unpaired) electrons. The monoisotopic (exact) mass is 462 g/mol. The van der Waals surface area contributed by atoms with Gasteiger partial charge in [-0.05, 0) is 36.3 Å². The van der Waals surface area contributed by atoms with E-state index in [4.69, 9.17) is 33.7 Å². The molecule has 31 heavy (non-hydrogen) atoms. The third kappa shape index (κ3) is 4.11. The van der Waals surface area contributed by atoms with Crippen LogP contribution < -0.4 is 26.4 Å². The normalized spacial score (nSPS) is 18.3. The van der Waals surface area contributed by atoms with Crippen LogP contribution in [0.5, 0.6) is 11.6 Å². The number of ether oxygens (including phenoxy) is 1. The number of nitrogens with two attached hydrogens (primary N) is 1. The van der Waals surface area contributed by atoms with Crippen molar-refractivity contribution in [2.24, 2.45) is 16.3 Å². The van der Waals surface area contributed by atoms with Gasteiger partial charge in [0, 0.05) is 11.6 Å². The van der Waals surface area contributed by atoms with Crippen molar-refractivity contribution in [2.45, 2.75) is 32.6 Å². The molecule has 2 aromatic rings. The number of aromatic nitrogens is 2. The number of urea groups is 1. The Kier molecular flexibility index (Phi) is 5.18. The number of benzene rings is 1. The van der Waals surface area contributed by atoms with E-state index in [1.165, 1.54) is 12.1 Å². The van der Waals surface area contributed by atoms with Crippen molar-refractivity contribution in [3.8, 4) is 11.6 Å². The minimum atomic E-state index is -0.560. The van der Waals surface area contributed by atoms with Crippen LogP contribution in [0.1, 0.15) is 38.2 Å². The molecular formula is C20H20Cl2N6O3. The first-order chi connectivity index (χ1) is 14.5. The number of nitrogens with zero attached hydrogens (tertiary/aromatic N) is 3. The van der Waals surface area contributed by atoms with Crippen LogP contribution in [0.3, 0.4) is 0 Å². The lowest BCUT2D eigenvalue weighted by molar-refractivity contribution is 0.150. The van der Waals surface area contributed by atoms with Crippen LogP contribution in [0.2, 0.25) is 10.0 Å². The second-order valence-electron chi connectivity index (χ2n) is 8.31. The molecule has 2 heterocycles. The number of H-pyrrole nitrogens is 1. The molecule has 1 aliphatic carbocycles. The van der Waals surface area contributed by atoms with Gasteiger partial charge in [0.05, 0.1) is 21.4 Å². The lowest BCUT2D eigenvalue weighted by Gasteiger charge is -2.42. The van der Waals surface area contributed by atoms with E-state index < -0.39 is 6.03 Å². The number of anilines is 1. The molecule has 9 nitrogen and oxygen atoms in total. The van der Waals surface area contributed by atoms with E-state index in [0.717, 1.165) is 17.9 Å². The Labute approximate surface area is 187 Å². The van der Waals surface area contributed by atoms with Gasteiger partial charge < -0.3 is 15.8 Å². The number of rotatable bonds is 4. The standard InChI is InChI=1S/C20H20Cl2N6O3/c1-9-17(23)27-28(19(30)24-9)11-4-13(21)16(14(22)5-11)31-15-6-12(18(29)26-25-15)10-7-20(2,3)8-10/h4-6,10H,1,7-8H2,2-3H3,(H2,23,27)(H,24,30)(H,26,29). The predicted molar refractivity (Wildman–Crippen MR) is 119 cm³/mol. The molecule has 11 heteroatoms. The van der Waals surface area contributed by atoms with Crippen LogP contribution in [0, 0.1) is 5.41 Å². The molecule has 0 atom stereocenters. The lowest BCUT2D eigenvalue weighted by atomic mass is 9.62. The third-order valence-corrected chi connectivity index (χ3v) is 5.81. The molecule has 1 fully saturated rings. The highest BCUT2D eigenvalue weighted by molar-refractivity contribution is 6.37. The van der Waals surface area contributed by atoms with Crippen LogP contribution in [0.15, 0.2) is 40.4 Å². The van der Waals surface area contributed by atoms with Gasteiger partial charge in [-0.3, -0.25) is 4.79 Å². The number of carbonyl (C=O) groups excluding carboxylic acids is 1. The van der Waals surface area contributed by atoms with Gasteiger partial charge in [-0.15, -0.1) is 10.2 Å². The van der Waals surface area contributed by atoms with Crippen molar-refractivity contribution in [1.82, 2.24) is 15.5 Å². The van der Waals surface area contributed by atoms with Gasteiger partial charge >= 0.3 is 6.03 Å². The largest absolute Gasteiger partial charge is 0.434 e. The van der Waals surface area contributed by atoms with Crippen LogP contribution in [0.25, 0.3) is 0 Å². The summed E-state index contributed by atoms with van der Waals surface area (Å²) in [7, 11) is 0. The van der Waals surface area contributed by atoms with E-state index in [9.17, 15) is 9.59 Å². The van der Waals surface area contributed by atoms with E-state index in [2.05, 4.69) is 41.0 Å². The first-order valence-corrected chi connectivity index (χ1v) is 10.2. The van der Waals surface area contributed by atoms with Crippen LogP contribution >= 0.6 is 23.2 Å². The number of amides is 2. The topological polar surface area (TPSA) is 126 Å². The summed E-state index contributed by atoms with van der Waals surface area (Å²) in [5, 5.41) is 14.1. The van der Waals surface area contributed by atoms with E-state index in [1.807, 2.05) is 0 Å². The molecule has 4 N–H and O–H groups in total. The molecule has 1 aromatic carbocycles. The first kappa shape index (κ1) is 21.2. The third-order valence-electron chi connectivity index (χ3n) is 5.25. The average Bonchev–Trinajstić information content (AvgIpc) is 2.66. The van der Waals surface area contributed by atoms with Crippen molar-refractivity contribution in [3.05, 3.63) is 56.4 Å². The Balaban J connectivity index is 1.61. The highest BCUT2D eigenvalue weighted by Gasteiger charge is 2.38. The fourth-order valence-electron chi connectivity index (χ4n) is 3.76. The quantitative estimate of drug-likeness (QED) is 0.630. The molecule has 2 aliphatic rings. The molecule has 162 valence electrons. The molecule has 0 bridgehead atoms. The summed E-state index contributed by atoms with van der Waals surface area (Å²) in [5.74, 6) is 0.486. The Morgan fingerprint density at radius 2 is 1.87 bits per heavy atom. The molecule has 0 unspecified atom stereocenters. The first-order valence-electron chi connectivity index (χ1n) is 9.45. The number of hydrogen-bond donors (Lipinski definition) is 3. The molecule has 2 amide bonds. The van der Waals surface area contributed by atoms with Gasteiger partial charge in [0.2, 0.25) is 5.88 Å². The van der Waals surface area contributed by atoms with Crippen LogP contribution in [-0.4, -0.2) is 22.1 Å². The Hall–Kier alpha value is -3.04. The second-order valence-corrected chi connectivity index (χ2v) is 9.12. The Morgan fingerprint density at radius 3 is 2.48 bits per heavy atom. The maximum absolute atomic E-state index is 12.2. The summed E-state index contributed by atoms with van der Waals surface area (Å²) in [5.41, 5.74) is 6.79. The number of hydrazone groups is 1. The number of nitrogens with one attached hydrogen (secondary N) is 2. The Morgan fingerprint density at radius 1 is 1.23 bits per heavy atom. The summed E-state index contributed by atoms with van der Waals surface area (Å²) in [6.07, 6.45) is 1.81. The number of hydrogen-bond acceptors (Lipinski definition) is 6. The molecule has 0 spiro atoms. The van der Waals surface area contributed by atoms with Crippen molar-refractivity contribution >= 4 is 40.8 Å². The minimum absolute atomic E-state index is 0.0521. The maximum atomic E-state index is 12.2. The highest BCUT2D eigenvalue weighted by Crippen LogP contribution is 2.50. The number of carbonyl (C=O) groups is 1. The van der Waals surface area contributed by atoms with E-state index in [1.54, 1.807) is 6.07 Å². The van der Waals surface area contributed by atoms with Crippen molar-refractivity contribution in [2.75, 3.05) is 5.01 Å². The summed E-state index contributed by atoms with van der Waals surface area (Å²) >= 11 is 12.7. The van der Waals surface area contributed by atoms with E-state index >= 15 is 0 Å². The number of halogens is 2. The molecule has 1 aliphatic heterocycles. The summed E-state index contributed by atoms with van der Waals surface area (Å²) < 4.78 is 5.77. The van der Waals surface area contributed by atoms with E-state index in [0.29, 0.717) is 5.56 Å². The lowest BCUT2D eigenvalue weighted by Crippen LogP contribution is -2.45. The second kappa shape index (κ2) is 7.58. The zero-order valence-electron chi connectivity index (χ0n) is 16.8. The molecule has 1 saturated carbocycles. The van der Waals surface area contributed by atoms with Crippen molar-refractivity contribution in [3.63, 3.8) is 0 Å². The highest BCUT2D eigenvalue weighted by atomic mass is 35.5. The SMILES string of the molecule is C=C1NC(=O)N(c2cc(Cl)c(Oc3cc(C4CC(C)(C)C4)c(=O)[nH]n3)c(Cl)c2)N=C1N. The van der Waals surface area contributed by atoms with Crippen LogP contribution in [0.4, 0.5) is 10.5 Å². The molecule has 0 saturated heterocycles. The average molecular weight is 463 g/mol. The fraction of sp³-hybridized carbons (Fsp3) is 0.300. The van der Waals surface area contributed by atoms with Crippen LogP contribution in [-0.2, 0) is 0 Å². The minimum Gasteiger partial charge on any atom is -0.434 e. The van der Waals surface area contributed by atoms with Gasteiger partial charge in [-0.2, -0.15) is 5.01 Å². The maximum Gasteiger partial charge on any atom is 0.347 e. The van der Waals surface area contributed by atoms with E-state index in [-0.39, 0.29) is 55.8 Å². The van der Waals surface area contributed by atoms with Gasteiger partial charge in [0.25, 0.3) is 5.56 Å². The van der Waals surface area contributed by atoms with Crippen molar-refractivity contribution in [1.29, 1.82) is 0 Å². The Bertz CT molecular complexity index is 1160. The summed E-state index contributed by atoms with van der Waals surface area (Å²) in [6.45, 7) is 7.92. The summed E-state index contributed by atoms with van der Waals surface area (Å²) in [4.78, 5) is 24.4.